The summed E-state index contributed by atoms with van der Waals surface area (Å²) < 4.78 is 4.01. The van der Waals surface area contributed by atoms with E-state index >= 15 is 0 Å². The Hall–Kier alpha value is -4.20. The summed E-state index contributed by atoms with van der Waals surface area (Å²) in [6.07, 6.45) is 2.07. The largest absolute Gasteiger partial charge is 0.507 e. The molecule has 1 saturated carbocycles. The number of aromatic nitrogens is 3. The lowest BCUT2D eigenvalue weighted by atomic mass is 9.43. The summed E-state index contributed by atoms with van der Waals surface area (Å²) in [5, 5.41) is 11.3. The SMILES string of the molecule is CC1=C(C)C(=O)[C@@]2(C)[C@@H](c3cccc(C)c3O)C3=CCn4c(=O)n(-c5ccccc5)c(=O)n4[C@@H]3C[C@@]2(C)C1=O. The Labute approximate surface area is 225 Å². The molecule has 0 saturated heterocycles. The summed E-state index contributed by atoms with van der Waals surface area (Å²) in [6, 6.07) is 13.5. The number of ketones is 2. The fraction of sp³-hybridized carbons (Fsp3) is 0.355. The monoisotopic (exact) mass is 525 g/mol. The molecular formula is C31H31N3O5. The minimum Gasteiger partial charge on any atom is -0.507 e. The third-order valence-corrected chi connectivity index (χ3v) is 9.71. The third-order valence-electron chi connectivity index (χ3n) is 9.71. The van der Waals surface area contributed by atoms with Crippen LogP contribution in [0.1, 0.15) is 57.2 Å². The van der Waals surface area contributed by atoms with E-state index in [0.29, 0.717) is 28.0 Å². The molecule has 3 aromatic rings. The Morgan fingerprint density at radius 2 is 1.51 bits per heavy atom. The Morgan fingerprint density at radius 1 is 0.846 bits per heavy atom. The first-order chi connectivity index (χ1) is 18.4. The maximum absolute atomic E-state index is 14.2. The number of para-hydroxylation sites is 2. The number of nitrogens with zero attached hydrogens (tertiary/aromatic N) is 3. The highest BCUT2D eigenvalue weighted by molar-refractivity contribution is 6.17. The lowest BCUT2D eigenvalue weighted by molar-refractivity contribution is -0.151. The number of phenols is 1. The molecule has 1 aromatic heterocycles. The van der Waals surface area contributed by atoms with Gasteiger partial charge in [-0.25, -0.2) is 23.5 Å². The standard InChI is InChI=1S/C31H31N3O5/c1-17-10-9-13-22(25(17)35)24-21-14-15-32-28(38)33(20-11-7-6-8-12-20)29(39)34(32)23(21)16-30(4)26(36)18(2)19(3)27(37)31(24,30)5/h6-14,23-24,35H,15-16H2,1-5H3/t23-,24-,30+,31-/m1/s1. The van der Waals surface area contributed by atoms with E-state index in [4.69, 9.17) is 0 Å². The molecule has 4 atom stereocenters. The van der Waals surface area contributed by atoms with E-state index < -0.39 is 34.2 Å². The number of rotatable bonds is 2. The molecule has 2 aromatic carbocycles. The van der Waals surface area contributed by atoms with E-state index in [1.165, 1.54) is 9.36 Å². The lowest BCUT2D eigenvalue weighted by Gasteiger charge is -2.58. The summed E-state index contributed by atoms with van der Waals surface area (Å²) in [6.45, 7) is 8.92. The van der Waals surface area contributed by atoms with Gasteiger partial charge in [0.1, 0.15) is 5.75 Å². The maximum atomic E-state index is 14.2. The molecule has 0 bridgehead atoms. The predicted octanol–water partition coefficient (Wildman–Crippen LogP) is 3.98. The van der Waals surface area contributed by atoms with Crippen LogP contribution in [-0.2, 0) is 16.1 Å². The minimum absolute atomic E-state index is 0.0639. The summed E-state index contributed by atoms with van der Waals surface area (Å²) >= 11 is 0. The summed E-state index contributed by atoms with van der Waals surface area (Å²) in [5.41, 5.74) is -0.111. The number of aryl methyl sites for hydroxylation is 1. The highest BCUT2D eigenvalue weighted by Gasteiger charge is 2.67. The number of carbonyl (C=O) groups is 2. The molecule has 6 rings (SSSR count). The molecule has 8 nitrogen and oxygen atoms in total. The van der Waals surface area contributed by atoms with Gasteiger partial charge in [0, 0.05) is 16.9 Å². The van der Waals surface area contributed by atoms with Crippen LogP contribution in [0.3, 0.4) is 0 Å². The minimum atomic E-state index is -1.21. The zero-order valence-corrected chi connectivity index (χ0v) is 22.7. The van der Waals surface area contributed by atoms with Crippen molar-refractivity contribution in [3.8, 4) is 11.4 Å². The Morgan fingerprint density at radius 3 is 2.21 bits per heavy atom. The quantitative estimate of drug-likeness (QED) is 0.510. The van der Waals surface area contributed by atoms with Crippen LogP contribution in [0, 0.1) is 17.8 Å². The van der Waals surface area contributed by atoms with Crippen molar-refractivity contribution in [2.75, 3.05) is 0 Å². The smallest absolute Gasteiger partial charge is 0.352 e. The molecule has 0 amide bonds. The summed E-state index contributed by atoms with van der Waals surface area (Å²) in [7, 11) is 0. The van der Waals surface area contributed by atoms with E-state index in [9.17, 15) is 24.3 Å². The van der Waals surface area contributed by atoms with Crippen molar-refractivity contribution in [1.29, 1.82) is 0 Å². The molecule has 200 valence electrons. The van der Waals surface area contributed by atoms with Gasteiger partial charge in [0.25, 0.3) is 0 Å². The van der Waals surface area contributed by atoms with Crippen molar-refractivity contribution in [3.05, 3.63) is 103 Å². The molecule has 8 heteroatoms. The van der Waals surface area contributed by atoms with Gasteiger partial charge in [0.2, 0.25) is 0 Å². The van der Waals surface area contributed by atoms with E-state index in [-0.39, 0.29) is 30.3 Å². The molecule has 1 fully saturated rings. The van der Waals surface area contributed by atoms with Gasteiger partial charge < -0.3 is 5.11 Å². The number of carbonyl (C=O) groups excluding carboxylic acids is 2. The van der Waals surface area contributed by atoms with Crippen molar-refractivity contribution >= 4 is 11.6 Å². The van der Waals surface area contributed by atoms with E-state index in [1.54, 1.807) is 64.1 Å². The van der Waals surface area contributed by atoms with Crippen molar-refractivity contribution < 1.29 is 14.7 Å². The molecular weight excluding hydrogens is 494 g/mol. The molecule has 0 radical (unpaired) electrons. The number of hydrogen-bond acceptors (Lipinski definition) is 5. The molecule has 1 N–H and O–H groups in total. The van der Waals surface area contributed by atoms with Gasteiger partial charge in [-0.2, -0.15) is 0 Å². The van der Waals surface area contributed by atoms with Crippen molar-refractivity contribution in [2.45, 2.75) is 59.5 Å². The fourth-order valence-corrected chi connectivity index (χ4v) is 7.25. The van der Waals surface area contributed by atoms with Crippen LogP contribution >= 0.6 is 0 Å². The first-order valence-electron chi connectivity index (χ1n) is 13.2. The van der Waals surface area contributed by atoms with Gasteiger partial charge in [-0.3, -0.25) is 9.59 Å². The molecule has 1 aliphatic heterocycles. The number of allylic oxidation sites excluding steroid dienone is 4. The molecule has 2 heterocycles. The second-order valence-electron chi connectivity index (χ2n) is 11.5. The van der Waals surface area contributed by atoms with E-state index in [2.05, 4.69) is 0 Å². The maximum Gasteiger partial charge on any atom is 0.352 e. The molecule has 0 spiro atoms. The van der Waals surface area contributed by atoms with Crippen LogP contribution in [-0.4, -0.2) is 30.6 Å². The van der Waals surface area contributed by atoms with Crippen LogP contribution in [0.2, 0.25) is 0 Å². The highest BCUT2D eigenvalue weighted by atomic mass is 16.3. The van der Waals surface area contributed by atoms with Crippen LogP contribution in [0.4, 0.5) is 0 Å². The number of fused-ring (bicyclic) bond motifs is 4. The third kappa shape index (κ3) is 3.00. The van der Waals surface area contributed by atoms with E-state index in [1.807, 2.05) is 25.1 Å². The van der Waals surface area contributed by atoms with Crippen LogP contribution in [0.5, 0.6) is 5.75 Å². The van der Waals surface area contributed by atoms with Crippen molar-refractivity contribution in [3.63, 3.8) is 0 Å². The second kappa shape index (κ2) is 8.15. The van der Waals surface area contributed by atoms with Gasteiger partial charge in [-0.05, 0) is 61.6 Å². The Bertz CT molecular complexity index is 1770. The fourth-order valence-electron chi connectivity index (χ4n) is 7.25. The molecule has 39 heavy (non-hydrogen) atoms. The number of phenolic OH excluding ortho intramolecular Hbond substituents is 1. The lowest BCUT2D eigenvalue weighted by Crippen LogP contribution is -2.61. The number of benzene rings is 2. The molecule has 2 aliphatic carbocycles. The van der Waals surface area contributed by atoms with Gasteiger partial charge in [-0.15, -0.1) is 0 Å². The summed E-state index contributed by atoms with van der Waals surface area (Å²) in [5.74, 6) is -0.900. The Kier molecular flexibility index (Phi) is 5.24. The first-order valence-corrected chi connectivity index (χ1v) is 13.2. The average molecular weight is 526 g/mol. The topological polar surface area (TPSA) is 103 Å². The van der Waals surface area contributed by atoms with Gasteiger partial charge in [0.05, 0.1) is 23.7 Å². The molecule has 0 unspecified atom stereocenters. The van der Waals surface area contributed by atoms with Crippen LogP contribution in [0.15, 0.2) is 80.9 Å². The van der Waals surface area contributed by atoms with E-state index in [0.717, 1.165) is 10.1 Å². The normalized spacial score (nSPS) is 28.1. The van der Waals surface area contributed by atoms with Crippen molar-refractivity contribution in [1.82, 2.24) is 13.9 Å². The number of Topliss-reactive ketones (excluding diaryl/α,β-unsaturated/α-hetero) is 2. The Balaban J connectivity index is 1.67. The van der Waals surface area contributed by atoms with Gasteiger partial charge >= 0.3 is 11.4 Å². The molecule has 3 aliphatic rings. The van der Waals surface area contributed by atoms with Crippen molar-refractivity contribution in [2.24, 2.45) is 10.8 Å². The average Bonchev–Trinajstić information content (AvgIpc) is 3.19. The summed E-state index contributed by atoms with van der Waals surface area (Å²) in [4.78, 5) is 55.7. The predicted molar refractivity (Wildman–Crippen MR) is 146 cm³/mol. The number of hydrogen-bond donors (Lipinski definition) is 1. The number of aromatic hydroxyl groups is 1. The first kappa shape index (κ1) is 25.1. The second-order valence-corrected chi connectivity index (χ2v) is 11.5. The van der Waals surface area contributed by atoms with Gasteiger partial charge in [-0.1, -0.05) is 56.3 Å². The zero-order valence-electron chi connectivity index (χ0n) is 22.7. The van der Waals surface area contributed by atoms with Crippen LogP contribution in [0.25, 0.3) is 5.69 Å². The zero-order chi connectivity index (χ0) is 28.0. The highest BCUT2D eigenvalue weighted by Crippen LogP contribution is 2.66. The van der Waals surface area contributed by atoms with Crippen LogP contribution < -0.4 is 11.4 Å². The van der Waals surface area contributed by atoms with Gasteiger partial charge in [0.15, 0.2) is 11.6 Å².